The lowest BCUT2D eigenvalue weighted by Gasteiger charge is -2.15. The summed E-state index contributed by atoms with van der Waals surface area (Å²) in [5.74, 6) is -0.901. The largest absolute Gasteiger partial charge is 0.493 e. The summed E-state index contributed by atoms with van der Waals surface area (Å²) in [7, 11) is 2.94. The minimum absolute atomic E-state index is 0.0461. The highest BCUT2D eigenvalue weighted by atomic mass is 35.5. The van der Waals surface area contributed by atoms with E-state index >= 15 is 0 Å². The minimum atomic E-state index is -0.995. The van der Waals surface area contributed by atoms with Gasteiger partial charge in [0.2, 0.25) is 11.8 Å². The number of amides is 5. The Hall–Kier alpha value is -2.58. The molecule has 1 saturated heterocycles. The number of imide groups is 4. The van der Waals surface area contributed by atoms with Crippen molar-refractivity contribution in [1.82, 2.24) is 9.80 Å². The van der Waals surface area contributed by atoms with Gasteiger partial charge >= 0.3 is 6.03 Å². The maximum Gasteiger partial charge on any atom is 0.345 e. The van der Waals surface area contributed by atoms with Crippen molar-refractivity contribution in [2.24, 2.45) is 0 Å². The Morgan fingerprint density at radius 3 is 2.03 bits per heavy atom. The van der Waals surface area contributed by atoms with Gasteiger partial charge < -0.3 is 9.47 Å². The Kier molecular flexibility index (Phi) is 8.68. The molecule has 1 heterocycles. The summed E-state index contributed by atoms with van der Waals surface area (Å²) < 4.78 is 10.4. The van der Waals surface area contributed by atoms with Crippen molar-refractivity contribution in [3.63, 3.8) is 0 Å². The first-order valence-corrected chi connectivity index (χ1v) is 10.3. The number of halogens is 2. The number of rotatable bonds is 9. The Balaban J connectivity index is 2.47. The van der Waals surface area contributed by atoms with Crippen LogP contribution in [0, 0.1) is 0 Å². The van der Waals surface area contributed by atoms with Crippen molar-refractivity contribution < 1.29 is 28.7 Å². The SMILES string of the molecule is COc1ccc(/C=C2/C(=O)N(C(=O)CCCCl)C(=O)N2C(=O)CCCCl)cc1OC. The smallest absolute Gasteiger partial charge is 0.345 e. The standard InChI is InChI=1S/C20H22Cl2N2O6/c1-29-15-8-7-13(12-16(15)30-2)11-14-19(27)24(18(26)6-4-10-22)20(28)23(14)17(25)5-3-9-21/h7-8,11-12H,3-6,9-10H2,1-2H3/b14-11-. The second-order valence-corrected chi connectivity index (χ2v) is 7.03. The Morgan fingerprint density at radius 2 is 1.50 bits per heavy atom. The first-order valence-electron chi connectivity index (χ1n) is 9.19. The van der Waals surface area contributed by atoms with Gasteiger partial charge in [0.25, 0.3) is 5.91 Å². The van der Waals surface area contributed by atoms with Crippen LogP contribution in [0.1, 0.15) is 31.2 Å². The number of methoxy groups -OCH3 is 2. The molecule has 2 rings (SSSR count). The molecule has 0 bridgehead atoms. The van der Waals surface area contributed by atoms with Gasteiger partial charge in [0.05, 0.1) is 14.2 Å². The van der Waals surface area contributed by atoms with Crippen LogP contribution in [0.4, 0.5) is 4.79 Å². The second kappa shape index (κ2) is 11.0. The summed E-state index contributed by atoms with van der Waals surface area (Å²) in [6, 6.07) is 3.84. The van der Waals surface area contributed by atoms with Crippen molar-refractivity contribution in [3.05, 3.63) is 29.5 Å². The Morgan fingerprint density at radius 1 is 0.933 bits per heavy atom. The van der Waals surface area contributed by atoms with Gasteiger partial charge in [-0.3, -0.25) is 14.4 Å². The third-order valence-electron chi connectivity index (χ3n) is 4.30. The molecule has 1 aliphatic heterocycles. The summed E-state index contributed by atoms with van der Waals surface area (Å²) in [5, 5.41) is 0. The molecule has 0 radical (unpaired) electrons. The molecule has 0 aromatic heterocycles. The fraction of sp³-hybridized carbons (Fsp3) is 0.400. The fourth-order valence-electron chi connectivity index (χ4n) is 2.85. The van der Waals surface area contributed by atoms with E-state index in [0.717, 1.165) is 4.90 Å². The Bertz CT molecular complexity index is 871. The second-order valence-electron chi connectivity index (χ2n) is 6.28. The predicted octanol–water partition coefficient (Wildman–Crippen LogP) is 3.40. The van der Waals surface area contributed by atoms with Gasteiger partial charge in [0, 0.05) is 24.6 Å². The van der Waals surface area contributed by atoms with Crippen LogP contribution in [-0.2, 0) is 14.4 Å². The van der Waals surface area contributed by atoms with Crippen LogP contribution >= 0.6 is 23.2 Å². The third kappa shape index (κ3) is 5.12. The van der Waals surface area contributed by atoms with Gasteiger partial charge in [-0.1, -0.05) is 6.07 Å². The van der Waals surface area contributed by atoms with Crippen LogP contribution in [0.2, 0.25) is 0 Å². The molecule has 1 aromatic carbocycles. The molecule has 8 nitrogen and oxygen atoms in total. The number of alkyl halides is 2. The van der Waals surface area contributed by atoms with E-state index < -0.39 is 23.8 Å². The van der Waals surface area contributed by atoms with Crippen LogP contribution in [0.25, 0.3) is 6.08 Å². The van der Waals surface area contributed by atoms with E-state index in [4.69, 9.17) is 32.7 Å². The lowest BCUT2D eigenvalue weighted by Crippen LogP contribution is -2.39. The maximum atomic E-state index is 12.9. The number of benzene rings is 1. The number of urea groups is 1. The van der Waals surface area contributed by atoms with Crippen LogP contribution in [-0.4, -0.2) is 59.5 Å². The number of ether oxygens (including phenoxy) is 2. The average Bonchev–Trinajstić information content (AvgIpc) is 2.99. The van der Waals surface area contributed by atoms with E-state index in [-0.39, 0.29) is 30.3 Å². The highest BCUT2D eigenvalue weighted by molar-refractivity contribution is 6.27. The molecule has 30 heavy (non-hydrogen) atoms. The lowest BCUT2D eigenvalue weighted by molar-refractivity contribution is -0.137. The quantitative estimate of drug-likeness (QED) is 0.321. The van der Waals surface area contributed by atoms with Crippen LogP contribution in [0.3, 0.4) is 0 Å². The lowest BCUT2D eigenvalue weighted by atomic mass is 10.1. The van der Waals surface area contributed by atoms with Crippen LogP contribution in [0.15, 0.2) is 23.9 Å². The van der Waals surface area contributed by atoms with Gasteiger partial charge in [-0.2, -0.15) is 4.90 Å². The molecule has 162 valence electrons. The van der Waals surface area contributed by atoms with Gasteiger partial charge in [0.1, 0.15) is 5.70 Å². The molecule has 1 fully saturated rings. The third-order valence-corrected chi connectivity index (χ3v) is 4.84. The van der Waals surface area contributed by atoms with E-state index in [9.17, 15) is 19.2 Å². The molecule has 5 amide bonds. The summed E-state index contributed by atoms with van der Waals surface area (Å²) in [4.78, 5) is 51.9. The molecule has 10 heteroatoms. The summed E-state index contributed by atoms with van der Waals surface area (Å²) >= 11 is 11.2. The van der Waals surface area contributed by atoms with Gasteiger partial charge in [-0.25, -0.2) is 9.69 Å². The topological polar surface area (TPSA) is 93.2 Å². The monoisotopic (exact) mass is 456 g/mol. The van der Waals surface area contributed by atoms with E-state index in [1.54, 1.807) is 18.2 Å². The zero-order chi connectivity index (χ0) is 22.3. The van der Waals surface area contributed by atoms with Crippen LogP contribution in [0.5, 0.6) is 11.5 Å². The number of nitrogens with zero attached hydrogens (tertiary/aromatic N) is 2. The molecule has 0 saturated carbocycles. The van der Waals surface area contributed by atoms with E-state index in [1.807, 2.05) is 0 Å². The van der Waals surface area contributed by atoms with Crippen molar-refractivity contribution in [1.29, 1.82) is 0 Å². The molecular weight excluding hydrogens is 435 g/mol. The number of carbonyl (C=O) groups is 4. The van der Waals surface area contributed by atoms with Crippen molar-refractivity contribution in [3.8, 4) is 11.5 Å². The highest BCUT2D eigenvalue weighted by Gasteiger charge is 2.47. The minimum Gasteiger partial charge on any atom is -0.493 e. The van der Waals surface area contributed by atoms with Gasteiger partial charge in [-0.05, 0) is 36.6 Å². The molecule has 0 spiro atoms. The normalized spacial score (nSPS) is 15.1. The number of carbonyl (C=O) groups excluding carboxylic acids is 4. The summed E-state index contributed by atoms with van der Waals surface area (Å²) in [5.41, 5.74) is 0.264. The summed E-state index contributed by atoms with van der Waals surface area (Å²) in [6.45, 7) is 0. The zero-order valence-electron chi connectivity index (χ0n) is 16.7. The average molecular weight is 457 g/mol. The zero-order valence-corrected chi connectivity index (χ0v) is 18.2. The summed E-state index contributed by atoms with van der Waals surface area (Å²) in [6.07, 6.45) is 1.84. The Labute approximate surface area is 184 Å². The van der Waals surface area contributed by atoms with E-state index in [0.29, 0.717) is 34.8 Å². The highest BCUT2D eigenvalue weighted by Crippen LogP contribution is 2.31. The molecule has 1 aromatic rings. The molecule has 0 unspecified atom stereocenters. The van der Waals surface area contributed by atoms with Crippen LogP contribution < -0.4 is 9.47 Å². The van der Waals surface area contributed by atoms with Gasteiger partial charge in [0.15, 0.2) is 11.5 Å². The molecule has 0 aliphatic carbocycles. The first-order chi connectivity index (χ1) is 14.4. The number of hydrogen-bond acceptors (Lipinski definition) is 6. The van der Waals surface area contributed by atoms with Crippen molar-refractivity contribution in [2.45, 2.75) is 25.7 Å². The molecule has 1 aliphatic rings. The predicted molar refractivity (Wildman–Crippen MR) is 112 cm³/mol. The van der Waals surface area contributed by atoms with E-state index in [2.05, 4.69) is 0 Å². The van der Waals surface area contributed by atoms with Crippen molar-refractivity contribution in [2.75, 3.05) is 26.0 Å². The maximum absolute atomic E-state index is 12.9. The van der Waals surface area contributed by atoms with E-state index in [1.165, 1.54) is 20.3 Å². The fourth-order valence-corrected chi connectivity index (χ4v) is 3.11. The van der Waals surface area contributed by atoms with Gasteiger partial charge in [-0.15, -0.1) is 23.2 Å². The molecule has 0 atom stereocenters. The first kappa shape index (κ1) is 23.7. The number of hydrogen-bond donors (Lipinski definition) is 0. The molecular formula is C20H22Cl2N2O6. The molecule has 0 N–H and O–H groups in total. The van der Waals surface area contributed by atoms with Crippen molar-refractivity contribution >= 4 is 53.0 Å².